The minimum Gasteiger partial charge on any atom is -0.456 e. The molecular formula is C24H16FN3O3. The van der Waals surface area contributed by atoms with Crippen LogP contribution in [0.5, 0.6) is 11.5 Å². The molecule has 0 spiro atoms. The Balaban J connectivity index is 1.85. The Morgan fingerprint density at radius 2 is 1.68 bits per heavy atom. The first-order valence-corrected chi connectivity index (χ1v) is 9.37. The van der Waals surface area contributed by atoms with Crippen molar-refractivity contribution in [2.75, 3.05) is 0 Å². The van der Waals surface area contributed by atoms with E-state index in [9.17, 15) is 19.2 Å². The molecule has 0 aliphatic rings. The predicted molar refractivity (Wildman–Crippen MR) is 114 cm³/mol. The summed E-state index contributed by atoms with van der Waals surface area (Å²) < 4.78 is 21.3. The van der Waals surface area contributed by atoms with Crippen molar-refractivity contribution >= 4 is 0 Å². The fourth-order valence-electron chi connectivity index (χ4n) is 3.17. The second kappa shape index (κ2) is 8.13. The van der Waals surface area contributed by atoms with Crippen molar-refractivity contribution in [2.24, 2.45) is 0 Å². The lowest BCUT2D eigenvalue weighted by Gasteiger charge is -2.13. The molecule has 1 aromatic heterocycles. The number of aromatic nitrogens is 2. The van der Waals surface area contributed by atoms with E-state index in [0.29, 0.717) is 21.6 Å². The van der Waals surface area contributed by atoms with E-state index in [-0.39, 0.29) is 17.0 Å². The fraction of sp³-hybridized carbons (Fsp3) is 0.0417. The van der Waals surface area contributed by atoms with Gasteiger partial charge < -0.3 is 9.72 Å². The van der Waals surface area contributed by atoms with Crippen LogP contribution >= 0.6 is 0 Å². The number of hydrogen-bond acceptors (Lipinski definition) is 4. The molecule has 1 N–H and O–H groups in total. The molecule has 0 amide bonds. The number of H-pyrrole nitrogens is 1. The van der Waals surface area contributed by atoms with Crippen LogP contribution in [0.15, 0.2) is 82.4 Å². The maximum atomic E-state index is 14.8. The smallest absolute Gasteiger partial charge is 0.333 e. The number of ether oxygens (including phenoxy) is 1. The third-order valence-electron chi connectivity index (χ3n) is 4.74. The lowest BCUT2D eigenvalue weighted by atomic mass is 10.1. The molecule has 31 heavy (non-hydrogen) atoms. The fourth-order valence-corrected chi connectivity index (χ4v) is 3.17. The van der Waals surface area contributed by atoms with Gasteiger partial charge in [-0.25, -0.2) is 13.8 Å². The van der Waals surface area contributed by atoms with Gasteiger partial charge in [-0.1, -0.05) is 48.5 Å². The molecule has 0 bridgehead atoms. The van der Waals surface area contributed by atoms with Gasteiger partial charge in [-0.2, -0.15) is 5.26 Å². The monoisotopic (exact) mass is 413 g/mol. The Hall–Kier alpha value is -4.44. The van der Waals surface area contributed by atoms with Crippen molar-refractivity contribution in [3.8, 4) is 34.5 Å². The number of hydrogen-bond donors (Lipinski definition) is 1. The lowest BCUT2D eigenvalue weighted by Crippen LogP contribution is -2.34. The minimum absolute atomic E-state index is 0.0339. The summed E-state index contributed by atoms with van der Waals surface area (Å²) >= 11 is 0. The van der Waals surface area contributed by atoms with E-state index in [1.54, 1.807) is 36.4 Å². The number of aryl methyl sites for hydroxylation is 1. The van der Waals surface area contributed by atoms with Gasteiger partial charge in [-0.3, -0.25) is 4.79 Å². The molecular weight excluding hydrogens is 397 g/mol. The zero-order chi connectivity index (χ0) is 22.0. The Morgan fingerprint density at radius 3 is 2.35 bits per heavy atom. The Bertz CT molecular complexity index is 1400. The van der Waals surface area contributed by atoms with E-state index in [4.69, 9.17) is 4.74 Å². The topological polar surface area (TPSA) is 87.9 Å². The van der Waals surface area contributed by atoms with E-state index in [2.05, 4.69) is 4.98 Å². The molecule has 0 atom stereocenters. The van der Waals surface area contributed by atoms with Crippen molar-refractivity contribution in [1.82, 2.24) is 9.55 Å². The second-order valence-electron chi connectivity index (χ2n) is 6.81. The normalized spacial score (nSPS) is 10.5. The van der Waals surface area contributed by atoms with Gasteiger partial charge >= 0.3 is 5.69 Å². The molecule has 7 heteroatoms. The summed E-state index contributed by atoms with van der Waals surface area (Å²) in [6.07, 6.45) is 0. The van der Waals surface area contributed by atoms with Gasteiger partial charge in [0, 0.05) is 12.1 Å². The molecule has 4 aromatic rings. The largest absolute Gasteiger partial charge is 0.456 e. The first-order chi connectivity index (χ1) is 15.0. The molecule has 0 radical (unpaired) electrons. The average Bonchev–Trinajstić information content (AvgIpc) is 2.77. The van der Waals surface area contributed by atoms with Crippen LogP contribution in [0.4, 0.5) is 4.39 Å². The average molecular weight is 413 g/mol. The molecule has 1 heterocycles. The van der Waals surface area contributed by atoms with Crippen molar-refractivity contribution in [1.29, 1.82) is 5.26 Å². The maximum Gasteiger partial charge on any atom is 0.333 e. The Morgan fingerprint density at radius 1 is 0.968 bits per heavy atom. The quantitative estimate of drug-likeness (QED) is 0.540. The van der Waals surface area contributed by atoms with E-state index < -0.39 is 17.1 Å². The van der Waals surface area contributed by atoms with Gasteiger partial charge in [0.05, 0.1) is 16.9 Å². The van der Waals surface area contributed by atoms with Crippen molar-refractivity contribution in [3.63, 3.8) is 0 Å². The summed E-state index contributed by atoms with van der Waals surface area (Å²) in [6, 6.07) is 21.2. The van der Waals surface area contributed by atoms with Crippen LogP contribution in [-0.4, -0.2) is 9.55 Å². The molecule has 0 saturated heterocycles. The standard InChI is InChI=1S/C24H16FN3O3/c1-15-7-5-6-10-21(15)31-22-13-20(18(25)11-17(22)14-26)28-23(29)12-19(27-24(28)30)16-8-3-2-4-9-16/h2-13H,1H3,(H,27,30). The van der Waals surface area contributed by atoms with Crippen LogP contribution < -0.4 is 16.0 Å². The zero-order valence-electron chi connectivity index (χ0n) is 16.4. The van der Waals surface area contributed by atoms with Crippen LogP contribution in [0, 0.1) is 24.1 Å². The number of halogens is 1. The molecule has 152 valence electrons. The third-order valence-corrected chi connectivity index (χ3v) is 4.74. The first-order valence-electron chi connectivity index (χ1n) is 9.37. The summed E-state index contributed by atoms with van der Waals surface area (Å²) in [5, 5.41) is 9.39. The minimum atomic E-state index is -0.895. The van der Waals surface area contributed by atoms with E-state index in [0.717, 1.165) is 11.6 Å². The SMILES string of the molecule is Cc1ccccc1Oc1cc(-n2c(=O)cc(-c3ccccc3)[nH]c2=O)c(F)cc1C#N. The van der Waals surface area contributed by atoms with E-state index in [1.165, 1.54) is 12.1 Å². The van der Waals surface area contributed by atoms with Crippen LogP contribution in [0.1, 0.15) is 11.1 Å². The predicted octanol–water partition coefficient (Wildman–Crippen LogP) is 4.30. The third kappa shape index (κ3) is 3.87. The van der Waals surface area contributed by atoms with Crippen molar-refractivity contribution in [3.05, 3.63) is 111 Å². The maximum absolute atomic E-state index is 14.8. The summed E-state index contributed by atoms with van der Waals surface area (Å²) in [4.78, 5) is 28.0. The molecule has 6 nitrogen and oxygen atoms in total. The second-order valence-corrected chi connectivity index (χ2v) is 6.81. The highest BCUT2D eigenvalue weighted by atomic mass is 19.1. The summed E-state index contributed by atoms with van der Waals surface area (Å²) in [7, 11) is 0. The number of para-hydroxylation sites is 1. The number of rotatable bonds is 4. The number of aromatic amines is 1. The number of nitrogens with one attached hydrogen (secondary N) is 1. The highest BCUT2D eigenvalue weighted by Crippen LogP contribution is 2.30. The van der Waals surface area contributed by atoms with Crippen LogP contribution in [-0.2, 0) is 0 Å². The van der Waals surface area contributed by atoms with Crippen LogP contribution in [0.25, 0.3) is 16.9 Å². The summed E-state index contributed by atoms with van der Waals surface area (Å²) in [5.41, 5.74) is -0.127. The van der Waals surface area contributed by atoms with Gasteiger partial charge in [-0.05, 0) is 30.2 Å². The number of benzene rings is 3. The summed E-state index contributed by atoms with van der Waals surface area (Å²) in [5.74, 6) is -0.391. The Labute approximate surface area is 176 Å². The molecule has 0 aliphatic heterocycles. The molecule has 0 saturated carbocycles. The van der Waals surface area contributed by atoms with E-state index >= 15 is 0 Å². The van der Waals surface area contributed by atoms with Gasteiger partial charge in [-0.15, -0.1) is 0 Å². The molecule has 0 fully saturated rings. The van der Waals surface area contributed by atoms with E-state index in [1.807, 2.05) is 31.2 Å². The van der Waals surface area contributed by atoms with Gasteiger partial charge in [0.15, 0.2) is 0 Å². The van der Waals surface area contributed by atoms with Crippen LogP contribution in [0.3, 0.4) is 0 Å². The van der Waals surface area contributed by atoms with Gasteiger partial charge in [0.25, 0.3) is 5.56 Å². The summed E-state index contributed by atoms with van der Waals surface area (Å²) in [6.45, 7) is 1.82. The van der Waals surface area contributed by atoms with Crippen molar-refractivity contribution in [2.45, 2.75) is 6.92 Å². The molecule has 0 aliphatic carbocycles. The lowest BCUT2D eigenvalue weighted by molar-refractivity contribution is 0.474. The highest BCUT2D eigenvalue weighted by molar-refractivity contribution is 5.59. The Kier molecular flexibility index (Phi) is 5.21. The van der Waals surface area contributed by atoms with Crippen molar-refractivity contribution < 1.29 is 9.13 Å². The van der Waals surface area contributed by atoms with Gasteiger partial charge in [0.2, 0.25) is 0 Å². The molecule has 4 rings (SSSR count). The first kappa shape index (κ1) is 19.9. The molecule has 3 aromatic carbocycles. The zero-order valence-corrected chi connectivity index (χ0v) is 16.4. The number of nitrogens with zero attached hydrogens (tertiary/aromatic N) is 2. The molecule has 0 unspecified atom stereocenters. The van der Waals surface area contributed by atoms with Gasteiger partial charge in [0.1, 0.15) is 23.4 Å². The van der Waals surface area contributed by atoms with Crippen LogP contribution in [0.2, 0.25) is 0 Å². The number of nitriles is 1. The highest BCUT2D eigenvalue weighted by Gasteiger charge is 2.17.